The molecule has 4 nitrogen and oxygen atoms in total. The number of benzene rings is 1. The molecule has 0 spiro atoms. The van der Waals surface area contributed by atoms with E-state index in [4.69, 9.17) is 4.74 Å². The summed E-state index contributed by atoms with van der Waals surface area (Å²) in [6.45, 7) is 0. The summed E-state index contributed by atoms with van der Waals surface area (Å²) in [6, 6.07) is 15.7. The van der Waals surface area contributed by atoms with Gasteiger partial charge in [0.1, 0.15) is 10.8 Å². The lowest BCUT2D eigenvalue weighted by atomic mass is 10.1. The fraction of sp³-hybridized carbons (Fsp3) is 0.118. The first-order chi connectivity index (χ1) is 10.9. The highest BCUT2D eigenvalue weighted by molar-refractivity contribution is 7.98. The Morgan fingerprint density at radius 3 is 2.64 bits per heavy atom. The molecule has 0 radical (unpaired) electrons. The van der Waals surface area contributed by atoms with Crippen LogP contribution in [0.3, 0.4) is 0 Å². The van der Waals surface area contributed by atoms with Crippen LogP contribution in [-0.4, -0.2) is 22.3 Å². The van der Waals surface area contributed by atoms with Crippen molar-refractivity contribution in [1.82, 2.24) is 15.2 Å². The number of ether oxygens (including phenoxy) is 1. The van der Waals surface area contributed by atoms with Crippen LogP contribution in [0, 0.1) is 0 Å². The van der Waals surface area contributed by atoms with Gasteiger partial charge in [0, 0.05) is 23.7 Å². The highest BCUT2D eigenvalue weighted by atomic mass is 32.2. The molecule has 22 heavy (non-hydrogen) atoms. The monoisotopic (exact) mass is 309 g/mol. The predicted molar refractivity (Wildman–Crippen MR) is 87.8 cm³/mol. The van der Waals surface area contributed by atoms with E-state index in [1.807, 2.05) is 48.7 Å². The van der Waals surface area contributed by atoms with Gasteiger partial charge >= 0.3 is 0 Å². The topological polar surface area (TPSA) is 47.9 Å². The van der Waals surface area contributed by atoms with Crippen LogP contribution in [-0.2, 0) is 5.75 Å². The number of thioether (sulfide) groups is 1. The van der Waals surface area contributed by atoms with E-state index in [1.54, 1.807) is 25.1 Å². The minimum Gasteiger partial charge on any atom is -0.496 e. The molecule has 0 N–H and O–H groups in total. The molecule has 0 saturated carbocycles. The fourth-order valence-corrected chi connectivity index (χ4v) is 2.79. The van der Waals surface area contributed by atoms with Crippen LogP contribution in [0.15, 0.2) is 66.0 Å². The molecule has 0 fully saturated rings. The Balaban J connectivity index is 1.73. The summed E-state index contributed by atoms with van der Waals surface area (Å²) >= 11 is 1.64. The largest absolute Gasteiger partial charge is 0.496 e. The third-order valence-electron chi connectivity index (χ3n) is 3.13. The van der Waals surface area contributed by atoms with E-state index in [1.165, 1.54) is 5.56 Å². The van der Waals surface area contributed by atoms with Gasteiger partial charge in [-0.3, -0.25) is 4.98 Å². The van der Waals surface area contributed by atoms with Crippen LogP contribution in [0.2, 0.25) is 0 Å². The highest BCUT2D eigenvalue weighted by Gasteiger charge is 2.07. The molecular weight excluding hydrogens is 294 g/mol. The average Bonchev–Trinajstić information content (AvgIpc) is 2.61. The molecular formula is C17H15N3OS. The van der Waals surface area contributed by atoms with Crippen LogP contribution < -0.4 is 4.74 Å². The van der Waals surface area contributed by atoms with E-state index in [2.05, 4.69) is 21.2 Å². The van der Waals surface area contributed by atoms with Gasteiger partial charge in [-0.2, -0.15) is 0 Å². The number of hydrogen-bond donors (Lipinski definition) is 0. The molecule has 0 aliphatic heterocycles. The van der Waals surface area contributed by atoms with Crippen molar-refractivity contribution in [1.29, 1.82) is 0 Å². The van der Waals surface area contributed by atoms with E-state index in [-0.39, 0.29) is 0 Å². The summed E-state index contributed by atoms with van der Waals surface area (Å²) in [6.07, 6.45) is 3.64. The van der Waals surface area contributed by atoms with Crippen LogP contribution >= 0.6 is 11.8 Å². The average molecular weight is 309 g/mol. The molecule has 0 atom stereocenters. The summed E-state index contributed by atoms with van der Waals surface area (Å²) < 4.78 is 5.36. The minimum absolute atomic E-state index is 0.799. The number of pyridine rings is 1. The fourth-order valence-electron chi connectivity index (χ4n) is 2.04. The summed E-state index contributed by atoms with van der Waals surface area (Å²) in [5.74, 6) is 1.63. The quantitative estimate of drug-likeness (QED) is 0.670. The lowest BCUT2D eigenvalue weighted by Gasteiger charge is -2.07. The van der Waals surface area contributed by atoms with Crippen LogP contribution in [0.4, 0.5) is 0 Å². The number of methoxy groups -OCH3 is 1. The molecule has 0 saturated heterocycles. The normalized spacial score (nSPS) is 10.4. The van der Waals surface area contributed by atoms with Crippen molar-refractivity contribution in [2.24, 2.45) is 0 Å². The second-order valence-corrected chi connectivity index (χ2v) is 5.60. The van der Waals surface area contributed by atoms with Crippen molar-refractivity contribution in [3.63, 3.8) is 0 Å². The van der Waals surface area contributed by atoms with Crippen LogP contribution in [0.1, 0.15) is 5.56 Å². The Morgan fingerprint density at radius 2 is 1.91 bits per heavy atom. The third-order valence-corrected chi connectivity index (χ3v) is 4.12. The zero-order chi connectivity index (χ0) is 15.2. The molecule has 0 aliphatic carbocycles. The van der Waals surface area contributed by atoms with E-state index in [9.17, 15) is 0 Å². The van der Waals surface area contributed by atoms with Crippen molar-refractivity contribution in [3.05, 3.63) is 66.5 Å². The Labute approximate surface area is 133 Å². The molecule has 110 valence electrons. The number of rotatable bonds is 5. The molecule has 0 aliphatic rings. The number of para-hydroxylation sites is 1. The molecule has 3 rings (SSSR count). The van der Waals surface area contributed by atoms with Gasteiger partial charge in [0.15, 0.2) is 0 Å². The number of nitrogens with zero attached hydrogens (tertiary/aromatic N) is 3. The van der Waals surface area contributed by atoms with Gasteiger partial charge < -0.3 is 4.74 Å². The molecule has 2 heterocycles. The SMILES string of the molecule is COc1ccccc1-c1ccc(SCc2cccnc2)nn1. The van der Waals surface area contributed by atoms with Crippen molar-refractivity contribution in [3.8, 4) is 17.0 Å². The molecule has 1 aromatic carbocycles. The van der Waals surface area contributed by atoms with Crippen molar-refractivity contribution in [2.45, 2.75) is 10.8 Å². The molecule has 3 aromatic rings. The Morgan fingerprint density at radius 1 is 1.00 bits per heavy atom. The second kappa shape index (κ2) is 7.04. The molecule has 0 bridgehead atoms. The lowest BCUT2D eigenvalue weighted by molar-refractivity contribution is 0.416. The zero-order valence-corrected chi connectivity index (χ0v) is 13.0. The maximum atomic E-state index is 5.36. The zero-order valence-electron chi connectivity index (χ0n) is 12.1. The summed E-state index contributed by atoms with van der Waals surface area (Å²) in [4.78, 5) is 4.11. The van der Waals surface area contributed by atoms with Crippen molar-refractivity contribution >= 4 is 11.8 Å². The van der Waals surface area contributed by atoms with Gasteiger partial charge in [-0.25, -0.2) is 0 Å². The molecule has 2 aromatic heterocycles. The third kappa shape index (κ3) is 3.43. The van der Waals surface area contributed by atoms with E-state index >= 15 is 0 Å². The summed E-state index contributed by atoms with van der Waals surface area (Å²) in [5, 5.41) is 9.48. The molecule has 0 amide bonds. The van der Waals surface area contributed by atoms with E-state index in [0.717, 1.165) is 27.8 Å². The van der Waals surface area contributed by atoms with Crippen LogP contribution in [0.25, 0.3) is 11.3 Å². The molecule has 0 unspecified atom stereocenters. The highest BCUT2D eigenvalue weighted by Crippen LogP contribution is 2.28. The van der Waals surface area contributed by atoms with Crippen molar-refractivity contribution < 1.29 is 4.74 Å². The van der Waals surface area contributed by atoms with Gasteiger partial charge in [0.05, 0.1) is 12.8 Å². The first-order valence-corrected chi connectivity index (χ1v) is 7.84. The Hall–Kier alpha value is -2.40. The lowest BCUT2D eigenvalue weighted by Crippen LogP contribution is -1.93. The maximum Gasteiger partial charge on any atom is 0.128 e. The van der Waals surface area contributed by atoms with E-state index in [0.29, 0.717) is 0 Å². The van der Waals surface area contributed by atoms with Crippen molar-refractivity contribution in [2.75, 3.05) is 7.11 Å². The van der Waals surface area contributed by atoms with Gasteiger partial charge in [-0.05, 0) is 35.9 Å². The van der Waals surface area contributed by atoms with E-state index < -0.39 is 0 Å². The Kier molecular flexibility index (Phi) is 4.65. The summed E-state index contributed by atoms with van der Waals surface area (Å²) in [5.41, 5.74) is 2.92. The van der Waals surface area contributed by atoms with Gasteiger partial charge in [-0.1, -0.05) is 30.0 Å². The maximum absolute atomic E-state index is 5.36. The van der Waals surface area contributed by atoms with Gasteiger partial charge in [0.2, 0.25) is 0 Å². The summed E-state index contributed by atoms with van der Waals surface area (Å²) in [7, 11) is 1.66. The first kappa shape index (κ1) is 14.5. The first-order valence-electron chi connectivity index (χ1n) is 6.85. The number of hydrogen-bond acceptors (Lipinski definition) is 5. The standard InChI is InChI=1S/C17H15N3OS/c1-21-16-7-3-2-6-14(16)15-8-9-17(20-19-15)22-12-13-5-4-10-18-11-13/h2-11H,12H2,1H3. The smallest absolute Gasteiger partial charge is 0.128 e. The molecule has 5 heteroatoms. The number of aromatic nitrogens is 3. The minimum atomic E-state index is 0.799. The van der Waals surface area contributed by atoms with Gasteiger partial charge in [0.25, 0.3) is 0 Å². The second-order valence-electron chi connectivity index (χ2n) is 4.61. The Bertz CT molecular complexity index is 732. The predicted octanol–water partition coefficient (Wildman–Crippen LogP) is 3.84. The van der Waals surface area contributed by atoms with Gasteiger partial charge in [-0.15, -0.1) is 10.2 Å². The van der Waals surface area contributed by atoms with Crippen LogP contribution in [0.5, 0.6) is 5.75 Å².